The topological polar surface area (TPSA) is 30.5 Å². The summed E-state index contributed by atoms with van der Waals surface area (Å²) in [5.74, 6) is 0.522. The average Bonchev–Trinajstić information content (AvgIpc) is 2.23. The third kappa shape index (κ3) is 8.60. The van der Waals surface area contributed by atoms with E-state index in [9.17, 15) is 0 Å². The van der Waals surface area contributed by atoms with E-state index in [1.165, 1.54) is 5.57 Å². The standard InChI is InChI=1S/C12H25NO2/c1-11(12(2)10-15-4)6-5-7-13-8-9-14-3/h6,12-13H,5,7-10H2,1-4H3/b11-6-. The molecule has 0 amide bonds. The lowest BCUT2D eigenvalue weighted by Gasteiger charge is -2.10. The van der Waals surface area contributed by atoms with E-state index in [1.54, 1.807) is 14.2 Å². The van der Waals surface area contributed by atoms with Gasteiger partial charge in [0.05, 0.1) is 13.2 Å². The lowest BCUT2D eigenvalue weighted by molar-refractivity contribution is 0.172. The third-order valence-electron chi connectivity index (χ3n) is 2.46. The van der Waals surface area contributed by atoms with Gasteiger partial charge in [-0.05, 0) is 19.9 Å². The van der Waals surface area contributed by atoms with E-state index in [0.717, 1.165) is 32.7 Å². The summed E-state index contributed by atoms with van der Waals surface area (Å²) in [5, 5.41) is 3.31. The van der Waals surface area contributed by atoms with Crippen molar-refractivity contribution in [2.24, 2.45) is 5.92 Å². The van der Waals surface area contributed by atoms with E-state index in [2.05, 4.69) is 25.2 Å². The monoisotopic (exact) mass is 215 g/mol. The van der Waals surface area contributed by atoms with Gasteiger partial charge in [0.2, 0.25) is 0 Å². The van der Waals surface area contributed by atoms with Gasteiger partial charge in [0.15, 0.2) is 0 Å². The minimum absolute atomic E-state index is 0.522. The smallest absolute Gasteiger partial charge is 0.0587 e. The van der Waals surface area contributed by atoms with Gasteiger partial charge >= 0.3 is 0 Å². The van der Waals surface area contributed by atoms with Gasteiger partial charge in [-0.3, -0.25) is 0 Å². The van der Waals surface area contributed by atoms with Crippen LogP contribution < -0.4 is 5.32 Å². The Labute approximate surface area is 93.8 Å². The van der Waals surface area contributed by atoms with Crippen LogP contribution >= 0.6 is 0 Å². The predicted octanol–water partition coefficient (Wildman–Crippen LogP) is 1.84. The zero-order chi connectivity index (χ0) is 11.5. The molecule has 0 radical (unpaired) electrons. The van der Waals surface area contributed by atoms with Crippen LogP contribution in [0.5, 0.6) is 0 Å². The number of hydrogen-bond acceptors (Lipinski definition) is 3. The van der Waals surface area contributed by atoms with Gasteiger partial charge in [-0.2, -0.15) is 0 Å². The van der Waals surface area contributed by atoms with Gasteiger partial charge in [0, 0.05) is 26.7 Å². The summed E-state index contributed by atoms with van der Waals surface area (Å²) < 4.78 is 10.1. The predicted molar refractivity (Wildman–Crippen MR) is 64.2 cm³/mol. The molecule has 0 aliphatic rings. The van der Waals surface area contributed by atoms with Crippen LogP contribution in [0.2, 0.25) is 0 Å². The molecule has 0 spiro atoms. The summed E-state index contributed by atoms with van der Waals surface area (Å²) in [6.45, 7) is 7.88. The minimum Gasteiger partial charge on any atom is -0.384 e. The Morgan fingerprint density at radius 3 is 2.60 bits per heavy atom. The molecule has 0 aliphatic carbocycles. The first-order valence-corrected chi connectivity index (χ1v) is 5.57. The molecule has 0 aromatic carbocycles. The molecule has 90 valence electrons. The van der Waals surface area contributed by atoms with Crippen molar-refractivity contribution in [3.8, 4) is 0 Å². The Balaban J connectivity index is 3.49. The molecule has 0 heterocycles. The first-order chi connectivity index (χ1) is 7.22. The fourth-order valence-corrected chi connectivity index (χ4v) is 1.28. The van der Waals surface area contributed by atoms with Gasteiger partial charge in [0.25, 0.3) is 0 Å². The van der Waals surface area contributed by atoms with E-state index >= 15 is 0 Å². The van der Waals surface area contributed by atoms with Crippen LogP contribution in [0.25, 0.3) is 0 Å². The lowest BCUT2D eigenvalue weighted by Crippen LogP contribution is -2.20. The number of ether oxygens (including phenoxy) is 2. The SMILES string of the molecule is COCCNCC/C=C(/C)C(C)COC. The Morgan fingerprint density at radius 1 is 1.27 bits per heavy atom. The number of rotatable bonds is 9. The van der Waals surface area contributed by atoms with Crippen molar-refractivity contribution in [1.29, 1.82) is 0 Å². The van der Waals surface area contributed by atoms with E-state index in [1.807, 2.05) is 0 Å². The van der Waals surface area contributed by atoms with Gasteiger partial charge in [-0.15, -0.1) is 0 Å². The molecular weight excluding hydrogens is 190 g/mol. The molecule has 0 saturated carbocycles. The molecule has 3 heteroatoms. The Bertz CT molecular complexity index is 169. The van der Waals surface area contributed by atoms with Crippen LogP contribution in [-0.2, 0) is 9.47 Å². The fraction of sp³-hybridized carbons (Fsp3) is 0.833. The summed E-state index contributed by atoms with van der Waals surface area (Å²) in [7, 11) is 3.47. The molecule has 0 aromatic rings. The minimum atomic E-state index is 0.522. The van der Waals surface area contributed by atoms with Crippen LogP contribution in [0.15, 0.2) is 11.6 Å². The molecule has 1 N–H and O–H groups in total. The Morgan fingerprint density at radius 2 is 2.00 bits per heavy atom. The van der Waals surface area contributed by atoms with Gasteiger partial charge in [-0.1, -0.05) is 18.6 Å². The van der Waals surface area contributed by atoms with Crippen molar-refractivity contribution in [3.05, 3.63) is 11.6 Å². The highest BCUT2D eigenvalue weighted by atomic mass is 16.5. The molecule has 0 aliphatic heterocycles. The molecule has 1 atom stereocenters. The highest BCUT2D eigenvalue weighted by Crippen LogP contribution is 2.09. The van der Waals surface area contributed by atoms with E-state index in [0.29, 0.717) is 5.92 Å². The molecule has 0 aromatic heterocycles. The first-order valence-electron chi connectivity index (χ1n) is 5.57. The normalized spacial score (nSPS) is 14.3. The van der Waals surface area contributed by atoms with Crippen LogP contribution in [0.4, 0.5) is 0 Å². The van der Waals surface area contributed by atoms with Crippen molar-refractivity contribution in [1.82, 2.24) is 5.32 Å². The zero-order valence-corrected chi connectivity index (χ0v) is 10.5. The van der Waals surface area contributed by atoms with Crippen LogP contribution in [0.1, 0.15) is 20.3 Å². The summed E-state index contributed by atoms with van der Waals surface area (Å²) in [5.41, 5.74) is 1.41. The summed E-state index contributed by atoms with van der Waals surface area (Å²) in [6.07, 6.45) is 3.35. The molecule has 1 unspecified atom stereocenters. The van der Waals surface area contributed by atoms with Crippen molar-refractivity contribution in [3.63, 3.8) is 0 Å². The van der Waals surface area contributed by atoms with Crippen molar-refractivity contribution in [2.45, 2.75) is 20.3 Å². The van der Waals surface area contributed by atoms with Crippen LogP contribution in [0.3, 0.4) is 0 Å². The summed E-state index contributed by atoms with van der Waals surface area (Å²) in [4.78, 5) is 0. The van der Waals surface area contributed by atoms with Crippen molar-refractivity contribution in [2.75, 3.05) is 40.5 Å². The van der Waals surface area contributed by atoms with Gasteiger partial charge in [0.1, 0.15) is 0 Å². The zero-order valence-electron chi connectivity index (χ0n) is 10.5. The molecule has 3 nitrogen and oxygen atoms in total. The summed E-state index contributed by atoms with van der Waals surface area (Å²) in [6, 6.07) is 0. The van der Waals surface area contributed by atoms with Gasteiger partial charge < -0.3 is 14.8 Å². The van der Waals surface area contributed by atoms with Crippen molar-refractivity contribution < 1.29 is 9.47 Å². The van der Waals surface area contributed by atoms with E-state index in [-0.39, 0.29) is 0 Å². The number of hydrogen-bond donors (Lipinski definition) is 1. The lowest BCUT2D eigenvalue weighted by atomic mass is 10.0. The van der Waals surface area contributed by atoms with E-state index in [4.69, 9.17) is 9.47 Å². The molecule has 15 heavy (non-hydrogen) atoms. The maximum Gasteiger partial charge on any atom is 0.0587 e. The molecular formula is C12H25NO2. The van der Waals surface area contributed by atoms with E-state index < -0.39 is 0 Å². The highest BCUT2D eigenvalue weighted by Gasteiger charge is 2.02. The summed E-state index contributed by atoms with van der Waals surface area (Å²) >= 11 is 0. The maximum atomic E-state index is 5.11. The maximum absolute atomic E-state index is 5.11. The number of nitrogens with one attached hydrogen (secondary N) is 1. The largest absolute Gasteiger partial charge is 0.384 e. The quantitative estimate of drug-likeness (QED) is 0.470. The second-order valence-corrected chi connectivity index (χ2v) is 3.84. The second-order valence-electron chi connectivity index (χ2n) is 3.84. The van der Waals surface area contributed by atoms with Gasteiger partial charge in [-0.25, -0.2) is 0 Å². The Hall–Kier alpha value is -0.380. The molecule has 0 saturated heterocycles. The molecule has 0 bridgehead atoms. The third-order valence-corrected chi connectivity index (χ3v) is 2.46. The first kappa shape index (κ1) is 14.6. The van der Waals surface area contributed by atoms with Crippen LogP contribution in [-0.4, -0.2) is 40.5 Å². The Kier molecular flexibility index (Phi) is 9.89. The molecule has 0 fully saturated rings. The highest BCUT2D eigenvalue weighted by molar-refractivity contribution is 5.02. The average molecular weight is 215 g/mol. The number of methoxy groups -OCH3 is 2. The fourth-order valence-electron chi connectivity index (χ4n) is 1.28. The second kappa shape index (κ2) is 10.1. The van der Waals surface area contributed by atoms with Crippen LogP contribution in [0, 0.1) is 5.92 Å². The molecule has 0 rings (SSSR count). The van der Waals surface area contributed by atoms with Crippen molar-refractivity contribution >= 4 is 0 Å².